The maximum Gasteiger partial charge on any atom is 0.497 e. The average molecular weight is 226 g/mol. The second-order valence-corrected chi connectivity index (χ2v) is 6.17. The first-order chi connectivity index (χ1) is 6.04. The molecule has 1 atom stereocenters. The minimum atomic E-state index is -2.38. The lowest BCUT2D eigenvalue weighted by atomic mass is 10.3. The first-order valence-corrected chi connectivity index (χ1v) is 6.88. The Hall–Kier alpha value is 0.407. The van der Waals surface area contributed by atoms with Crippen LogP contribution in [0.15, 0.2) is 0 Å². The van der Waals surface area contributed by atoms with Crippen LogP contribution in [0.5, 0.6) is 0 Å². The summed E-state index contributed by atoms with van der Waals surface area (Å²) < 4.78 is 15.6. The molecule has 0 spiro atoms. The lowest BCUT2D eigenvalue weighted by Gasteiger charge is -2.21. The quantitative estimate of drug-likeness (QED) is 0.293. The van der Waals surface area contributed by atoms with E-state index >= 15 is 0 Å². The molecule has 0 aromatic rings. The average Bonchev–Trinajstić information content (AvgIpc) is 2.12. The van der Waals surface area contributed by atoms with Crippen LogP contribution in [0.1, 0.15) is 12.8 Å². The van der Waals surface area contributed by atoms with Crippen molar-refractivity contribution < 1.29 is 18.4 Å². The van der Waals surface area contributed by atoms with Gasteiger partial charge in [-0.05, 0) is 12.8 Å². The van der Waals surface area contributed by atoms with Crippen LogP contribution in [0, 0.1) is 0 Å². The molecule has 0 aromatic carbocycles. The van der Waals surface area contributed by atoms with Crippen molar-refractivity contribution in [1.82, 2.24) is 0 Å². The molecule has 0 saturated heterocycles. The van der Waals surface area contributed by atoms with E-state index in [0.29, 0.717) is 13.0 Å². The number of hydrogen-bond acceptors (Lipinski definition) is 5. The van der Waals surface area contributed by atoms with Gasteiger partial charge in [0, 0.05) is 27.4 Å². The summed E-state index contributed by atoms with van der Waals surface area (Å²) in [5.74, 6) is 0. The minimum absolute atomic E-state index is 0.530. The predicted octanol–water partition coefficient (Wildman–Crippen LogP) is 0.893. The topological polar surface area (TPSA) is 47.9 Å². The molecule has 0 fully saturated rings. The van der Waals surface area contributed by atoms with Crippen LogP contribution in [0.4, 0.5) is 0 Å². The zero-order valence-electron chi connectivity index (χ0n) is 8.32. The maximum atomic E-state index is 8.85. The van der Waals surface area contributed by atoms with Gasteiger partial charge >= 0.3 is 8.80 Å². The van der Waals surface area contributed by atoms with Crippen molar-refractivity contribution in [2.24, 2.45) is 0 Å². The van der Waals surface area contributed by atoms with Gasteiger partial charge in [-0.1, -0.05) is 0 Å². The third kappa shape index (κ3) is 6.47. The zero-order chi connectivity index (χ0) is 10.3. The molecule has 6 heteroatoms. The summed E-state index contributed by atoms with van der Waals surface area (Å²) in [6.07, 6.45) is 1.36. The molecule has 0 bridgehead atoms. The summed E-state index contributed by atoms with van der Waals surface area (Å²) in [6.45, 7) is 2.35. The number of thiol groups is 1. The normalized spacial score (nSPS) is 14.5. The molecule has 0 radical (unpaired) electrons. The third-order valence-corrected chi connectivity index (χ3v) is 4.18. The molecule has 80 valence electrons. The van der Waals surface area contributed by atoms with Crippen LogP contribution in [-0.4, -0.2) is 40.2 Å². The number of aliphatic hydroxyl groups is 1. The molecule has 0 aliphatic rings. The summed E-state index contributed by atoms with van der Waals surface area (Å²) in [5, 5.41) is 8.85. The van der Waals surface area contributed by atoms with E-state index in [2.05, 4.69) is 12.6 Å². The highest BCUT2D eigenvalue weighted by Gasteiger charge is 2.31. The van der Waals surface area contributed by atoms with Gasteiger partial charge in [0.25, 0.3) is 0 Å². The Morgan fingerprint density at radius 2 is 1.92 bits per heavy atom. The van der Waals surface area contributed by atoms with E-state index < -0.39 is 14.2 Å². The molecule has 0 heterocycles. The van der Waals surface area contributed by atoms with Crippen LogP contribution in [0.25, 0.3) is 0 Å². The minimum Gasteiger partial charge on any atom is -0.383 e. The highest BCUT2D eigenvalue weighted by molar-refractivity contribution is 7.80. The van der Waals surface area contributed by atoms with Gasteiger partial charge in [-0.25, -0.2) is 0 Å². The third-order valence-electron chi connectivity index (χ3n) is 1.71. The number of aliphatic hydroxyl groups excluding tert-OH is 1. The van der Waals surface area contributed by atoms with Gasteiger partial charge in [-0.3, -0.25) is 0 Å². The molecule has 0 amide bonds. The Labute approximate surface area is 86.0 Å². The summed E-state index contributed by atoms with van der Waals surface area (Å²) >= 11 is 3.84. The Kier molecular flexibility index (Phi) is 7.01. The lowest BCUT2D eigenvalue weighted by Crippen LogP contribution is -2.40. The van der Waals surface area contributed by atoms with Gasteiger partial charge in [0.05, 0.1) is 5.44 Å². The van der Waals surface area contributed by atoms with Crippen molar-refractivity contribution in [2.75, 3.05) is 20.8 Å². The Morgan fingerprint density at radius 1 is 1.38 bits per heavy atom. The Morgan fingerprint density at radius 3 is 2.31 bits per heavy atom. The van der Waals surface area contributed by atoms with E-state index in [1.165, 1.54) is 0 Å². The van der Waals surface area contributed by atoms with E-state index in [0.717, 1.165) is 6.42 Å². The Bertz CT molecular complexity index is 130. The van der Waals surface area contributed by atoms with E-state index in [1.807, 2.05) is 6.55 Å². The fourth-order valence-electron chi connectivity index (χ4n) is 0.725. The monoisotopic (exact) mass is 226 g/mol. The first-order valence-electron chi connectivity index (χ1n) is 4.14. The Balaban J connectivity index is 3.50. The fourth-order valence-corrected chi connectivity index (χ4v) is 1.82. The molecule has 0 saturated carbocycles. The van der Waals surface area contributed by atoms with E-state index in [4.69, 9.17) is 18.4 Å². The largest absolute Gasteiger partial charge is 0.497 e. The second kappa shape index (κ2) is 6.80. The number of rotatable bonds is 7. The molecule has 0 aliphatic carbocycles. The van der Waals surface area contributed by atoms with Gasteiger partial charge in [0.15, 0.2) is 0 Å². The summed E-state index contributed by atoms with van der Waals surface area (Å²) in [4.78, 5) is 0. The van der Waals surface area contributed by atoms with Crippen LogP contribution < -0.4 is 0 Å². The first kappa shape index (κ1) is 13.4. The van der Waals surface area contributed by atoms with Gasteiger partial charge < -0.3 is 18.4 Å². The van der Waals surface area contributed by atoms with Crippen LogP contribution in [0.3, 0.4) is 0 Å². The van der Waals surface area contributed by atoms with Gasteiger partial charge in [0.1, 0.15) is 0 Å². The maximum absolute atomic E-state index is 8.85. The SMILES string of the molecule is CO[Si](C)(OC)OCCCC(O)S. The number of hydrogen-bond donors (Lipinski definition) is 2. The molecular formula is C7H18O4SSi. The molecule has 0 aliphatic heterocycles. The molecule has 1 N–H and O–H groups in total. The standard InChI is InChI=1S/C7H18O4SSi/c1-9-13(3,10-2)11-6-4-5-7(8)12/h7-8,12H,4-6H2,1-3H3. The summed E-state index contributed by atoms with van der Waals surface area (Å²) in [5.41, 5.74) is -0.568. The smallest absolute Gasteiger partial charge is 0.383 e. The molecule has 1 unspecified atom stereocenters. The van der Waals surface area contributed by atoms with Gasteiger partial charge in [-0.2, -0.15) is 0 Å². The van der Waals surface area contributed by atoms with Gasteiger partial charge in [0.2, 0.25) is 0 Å². The molecular weight excluding hydrogens is 208 g/mol. The lowest BCUT2D eigenvalue weighted by molar-refractivity contribution is 0.101. The van der Waals surface area contributed by atoms with Crippen molar-refractivity contribution in [1.29, 1.82) is 0 Å². The predicted molar refractivity (Wildman–Crippen MR) is 55.8 cm³/mol. The molecule has 4 nitrogen and oxygen atoms in total. The van der Waals surface area contributed by atoms with Gasteiger partial charge in [-0.15, -0.1) is 12.6 Å². The highest BCUT2D eigenvalue weighted by atomic mass is 32.1. The highest BCUT2D eigenvalue weighted by Crippen LogP contribution is 2.08. The van der Waals surface area contributed by atoms with Crippen molar-refractivity contribution in [3.63, 3.8) is 0 Å². The van der Waals surface area contributed by atoms with E-state index in [-0.39, 0.29) is 0 Å². The molecule has 0 rings (SSSR count). The zero-order valence-corrected chi connectivity index (χ0v) is 10.2. The van der Waals surface area contributed by atoms with Crippen LogP contribution in [0.2, 0.25) is 6.55 Å². The summed E-state index contributed by atoms with van der Waals surface area (Å²) in [7, 11) is 0.769. The van der Waals surface area contributed by atoms with Crippen LogP contribution >= 0.6 is 12.6 Å². The fraction of sp³-hybridized carbons (Fsp3) is 1.00. The molecule has 0 aromatic heterocycles. The molecule has 13 heavy (non-hydrogen) atoms. The second-order valence-electron chi connectivity index (χ2n) is 2.74. The van der Waals surface area contributed by atoms with Crippen molar-refractivity contribution in [2.45, 2.75) is 24.8 Å². The van der Waals surface area contributed by atoms with Crippen molar-refractivity contribution in [3.05, 3.63) is 0 Å². The van der Waals surface area contributed by atoms with Crippen molar-refractivity contribution >= 4 is 21.4 Å². The van der Waals surface area contributed by atoms with E-state index in [9.17, 15) is 0 Å². The van der Waals surface area contributed by atoms with Crippen molar-refractivity contribution in [3.8, 4) is 0 Å². The van der Waals surface area contributed by atoms with E-state index in [1.54, 1.807) is 14.2 Å². The summed E-state index contributed by atoms with van der Waals surface area (Å²) in [6, 6.07) is 0. The van der Waals surface area contributed by atoms with Crippen LogP contribution in [-0.2, 0) is 13.3 Å².